The summed E-state index contributed by atoms with van der Waals surface area (Å²) in [7, 11) is 0. The van der Waals surface area contributed by atoms with Crippen molar-refractivity contribution < 1.29 is 15.0 Å². The number of nitrogens with one attached hydrogen (secondary N) is 2. The van der Waals surface area contributed by atoms with Crippen LogP contribution < -0.4 is 10.6 Å². The van der Waals surface area contributed by atoms with Crippen LogP contribution in [0.4, 0.5) is 0 Å². The zero-order chi connectivity index (χ0) is 10.4. The first-order chi connectivity index (χ1) is 6.74. The highest BCUT2D eigenvalue weighted by Gasteiger charge is 2.20. The van der Waals surface area contributed by atoms with Crippen LogP contribution in [-0.2, 0) is 4.79 Å². The van der Waals surface area contributed by atoms with Crippen molar-refractivity contribution in [3.63, 3.8) is 0 Å². The van der Waals surface area contributed by atoms with E-state index in [4.69, 9.17) is 10.2 Å². The third-order valence-corrected chi connectivity index (χ3v) is 3.02. The van der Waals surface area contributed by atoms with Crippen molar-refractivity contribution in [3.05, 3.63) is 0 Å². The zero-order valence-corrected chi connectivity index (χ0v) is 8.72. The molecule has 0 saturated carbocycles. The van der Waals surface area contributed by atoms with E-state index in [2.05, 4.69) is 10.6 Å². The molecule has 1 rings (SSSR count). The van der Waals surface area contributed by atoms with Gasteiger partial charge in [-0.15, -0.1) is 0 Å². The fourth-order valence-corrected chi connectivity index (χ4v) is 2.07. The second-order valence-electron chi connectivity index (χ2n) is 3.16. The first-order valence-electron chi connectivity index (χ1n) is 4.62. The lowest BCUT2D eigenvalue weighted by molar-refractivity contribution is -0.123. The van der Waals surface area contributed by atoms with E-state index in [0.717, 1.165) is 18.1 Å². The van der Waals surface area contributed by atoms with Gasteiger partial charge < -0.3 is 20.8 Å². The Morgan fingerprint density at radius 3 is 3.07 bits per heavy atom. The van der Waals surface area contributed by atoms with Crippen molar-refractivity contribution in [2.75, 3.05) is 31.2 Å². The van der Waals surface area contributed by atoms with Gasteiger partial charge >= 0.3 is 0 Å². The molecule has 1 fully saturated rings. The molecule has 0 bridgehead atoms. The van der Waals surface area contributed by atoms with Gasteiger partial charge in [-0.1, -0.05) is 0 Å². The number of aliphatic hydroxyl groups excluding tert-OH is 2. The predicted octanol–water partition coefficient (Wildman–Crippen LogP) is -1.84. The molecule has 0 aromatic heterocycles. The van der Waals surface area contributed by atoms with Crippen LogP contribution in [0.25, 0.3) is 0 Å². The number of amides is 1. The molecular weight excluding hydrogens is 204 g/mol. The highest BCUT2D eigenvalue weighted by molar-refractivity contribution is 7.99. The largest absolute Gasteiger partial charge is 0.394 e. The fraction of sp³-hybridized carbons (Fsp3) is 0.875. The number of rotatable bonds is 4. The van der Waals surface area contributed by atoms with Crippen LogP contribution in [0, 0.1) is 0 Å². The molecule has 0 spiro atoms. The van der Waals surface area contributed by atoms with Crippen LogP contribution in [0.1, 0.15) is 0 Å². The van der Waals surface area contributed by atoms with E-state index in [-0.39, 0.29) is 25.1 Å². The smallest absolute Gasteiger partial charge is 0.238 e. The van der Waals surface area contributed by atoms with Gasteiger partial charge in [-0.25, -0.2) is 0 Å². The minimum atomic E-state index is -0.866. The van der Waals surface area contributed by atoms with Crippen LogP contribution in [0.5, 0.6) is 0 Å². The average molecular weight is 220 g/mol. The van der Waals surface area contributed by atoms with Crippen molar-refractivity contribution >= 4 is 17.7 Å². The summed E-state index contributed by atoms with van der Waals surface area (Å²) < 4.78 is 0. The Morgan fingerprint density at radius 2 is 2.50 bits per heavy atom. The van der Waals surface area contributed by atoms with Gasteiger partial charge in [0.2, 0.25) is 5.91 Å². The second kappa shape index (κ2) is 6.23. The molecule has 4 N–H and O–H groups in total. The van der Waals surface area contributed by atoms with Crippen LogP contribution in [0.3, 0.4) is 0 Å². The Kier molecular flexibility index (Phi) is 5.24. The maximum absolute atomic E-state index is 11.4. The van der Waals surface area contributed by atoms with E-state index >= 15 is 0 Å². The molecule has 2 atom stereocenters. The molecule has 0 aromatic rings. The maximum atomic E-state index is 11.4. The van der Waals surface area contributed by atoms with Gasteiger partial charge in [0, 0.05) is 24.6 Å². The summed E-state index contributed by atoms with van der Waals surface area (Å²) in [4.78, 5) is 11.4. The first-order valence-corrected chi connectivity index (χ1v) is 5.77. The second-order valence-corrected chi connectivity index (χ2v) is 4.31. The van der Waals surface area contributed by atoms with E-state index in [0.29, 0.717) is 0 Å². The lowest BCUT2D eigenvalue weighted by atomic mass is 10.3. The molecule has 1 aliphatic rings. The Morgan fingerprint density at radius 1 is 1.71 bits per heavy atom. The molecule has 1 amide bonds. The van der Waals surface area contributed by atoms with Crippen molar-refractivity contribution in [1.29, 1.82) is 0 Å². The topological polar surface area (TPSA) is 81.6 Å². The molecular formula is C8H16N2O3S. The number of carbonyl (C=O) groups excluding carboxylic acids is 1. The standard InChI is InChI=1S/C8H16N2O3S/c11-4-6(12)3-10-8(13)7-5-14-2-1-9-7/h6-7,9,11-12H,1-5H2,(H,10,13). The highest BCUT2D eigenvalue weighted by Crippen LogP contribution is 2.07. The predicted molar refractivity (Wildman–Crippen MR) is 55.2 cm³/mol. The summed E-state index contributed by atoms with van der Waals surface area (Å²) in [6.07, 6.45) is -0.866. The molecule has 1 aliphatic heterocycles. The monoisotopic (exact) mass is 220 g/mol. The minimum absolute atomic E-state index is 0.107. The van der Waals surface area contributed by atoms with Gasteiger partial charge in [0.25, 0.3) is 0 Å². The van der Waals surface area contributed by atoms with E-state index in [1.807, 2.05) is 0 Å². The molecule has 0 radical (unpaired) electrons. The van der Waals surface area contributed by atoms with Crippen molar-refractivity contribution in [2.24, 2.45) is 0 Å². The number of hydrogen-bond acceptors (Lipinski definition) is 5. The Bertz CT molecular complexity index is 185. The van der Waals surface area contributed by atoms with Gasteiger partial charge in [-0.3, -0.25) is 4.79 Å². The number of thioether (sulfide) groups is 1. The van der Waals surface area contributed by atoms with Gasteiger partial charge in [0.15, 0.2) is 0 Å². The summed E-state index contributed by atoms with van der Waals surface area (Å²) in [6.45, 7) is 0.622. The summed E-state index contributed by atoms with van der Waals surface area (Å²) in [5, 5.41) is 23.2. The van der Waals surface area contributed by atoms with Gasteiger partial charge in [-0.2, -0.15) is 11.8 Å². The summed E-state index contributed by atoms with van der Waals surface area (Å²) >= 11 is 1.74. The van der Waals surface area contributed by atoms with Gasteiger partial charge in [0.1, 0.15) is 0 Å². The highest BCUT2D eigenvalue weighted by atomic mass is 32.2. The fourth-order valence-electron chi connectivity index (χ4n) is 1.14. The summed E-state index contributed by atoms with van der Waals surface area (Å²) in [5.74, 6) is 1.69. The lowest BCUT2D eigenvalue weighted by Crippen LogP contribution is -2.50. The van der Waals surface area contributed by atoms with Gasteiger partial charge in [0.05, 0.1) is 18.8 Å². The average Bonchev–Trinajstić information content (AvgIpc) is 2.26. The molecule has 1 saturated heterocycles. The third kappa shape index (κ3) is 3.83. The molecule has 5 nitrogen and oxygen atoms in total. The van der Waals surface area contributed by atoms with E-state index in [9.17, 15) is 4.79 Å². The van der Waals surface area contributed by atoms with Crippen molar-refractivity contribution in [3.8, 4) is 0 Å². The van der Waals surface area contributed by atoms with E-state index in [1.165, 1.54) is 0 Å². The lowest BCUT2D eigenvalue weighted by Gasteiger charge is -2.22. The summed E-state index contributed by atoms with van der Waals surface area (Å²) in [6, 6.07) is -0.167. The van der Waals surface area contributed by atoms with Crippen molar-refractivity contribution in [2.45, 2.75) is 12.1 Å². The molecule has 82 valence electrons. The Hall–Kier alpha value is -0.300. The number of hydrogen-bond donors (Lipinski definition) is 4. The minimum Gasteiger partial charge on any atom is -0.394 e. The zero-order valence-electron chi connectivity index (χ0n) is 7.90. The molecule has 0 aromatic carbocycles. The van der Waals surface area contributed by atoms with E-state index < -0.39 is 6.10 Å². The van der Waals surface area contributed by atoms with E-state index in [1.54, 1.807) is 11.8 Å². The molecule has 1 heterocycles. The number of aliphatic hydroxyl groups is 2. The molecule has 2 unspecified atom stereocenters. The Labute approximate surface area is 87.3 Å². The quantitative estimate of drug-likeness (QED) is 0.448. The van der Waals surface area contributed by atoms with Crippen LogP contribution in [-0.4, -0.2) is 59.5 Å². The normalized spacial score (nSPS) is 24.3. The molecule has 14 heavy (non-hydrogen) atoms. The first kappa shape index (κ1) is 11.8. The van der Waals surface area contributed by atoms with Crippen LogP contribution in [0.15, 0.2) is 0 Å². The number of carbonyl (C=O) groups is 1. The van der Waals surface area contributed by atoms with Crippen molar-refractivity contribution in [1.82, 2.24) is 10.6 Å². The third-order valence-electron chi connectivity index (χ3n) is 1.96. The maximum Gasteiger partial charge on any atom is 0.238 e. The molecule has 0 aliphatic carbocycles. The van der Waals surface area contributed by atoms with Gasteiger partial charge in [-0.05, 0) is 0 Å². The van der Waals surface area contributed by atoms with Crippen LogP contribution in [0.2, 0.25) is 0 Å². The SMILES string of the molecule is O=C(NCC(O)CO)C1CSCCN1. The summed E-state index contributed by atoms with van der Waals surface area (Å²) in [5.41, 5.74) is 0. The molecule has 6 heteroatoms. The van der Waals surface area contributed by atoms with Crippen LogP contribution >= 0.6 is 11.8 Å². The Balaban J connectivity index is 2.19.